The second-order valence-electron chi connectivity index (χ2n) is 6.68. The van der Waals surface area contributed by atoms with Gasteiger partial charge < -0.3 is 14.2 Å². The molecule has 0 fully saturated rings. The monoisotopic (exact) mass is 383 g/mol. The Morgan fingerprint density at radius 3 is 2.96 bits per heavy atom. The number of nitrogens with one attached hydrogen (secondary N) is 1. The van der Waals surface area contributed by atoms with Crippen molar-refractivity contribution in [1.29, 1.82) is 0 Å². The highest BCUT2D eigenvalue weighted by atomic mass is 32.2. The highest BCUT2D eigenvalue weighted by Crippen LogP contribution is 2.31. The lowest BCUT2D eigenvalue weighted by atomic mass is 9.88. The number of carbonyl (C=O) groups is 1. The first-order valence-electron chi connectivity index (χ1n) is 9.04. The molecule has 0 aliphatic heterocycles. The van der Waals surface area contributed by atoms with Crippen LogP contribution in [-0.4, -0.2) is 21.4 Å². The maximum atomic E-state index is 12.7. The van der Waals surface area contributed by atoms with Crippen LogP contribution in [-0.2, 0) is 11.2 Å². The molecule has 0 radical (unpaired) electrons. The van der Waals surface area contributed by atoms with E-state index in [0.717, 1.165) is 30.6 Å². The Morgan fingerprint density at radius 2 is 2.15 bits per heavy atom. The van der Waals surface area contributed by atoms with Crippen LogP contribution in [0.2, 0.25) is 0 Å². The number of rotatable bonds is 5. The summed E-state index contributed by atoms with van der Waals surface area (Å²) in [6.45, 7) is 3.69. The van der Waals surface area contributed by atoms with E-state index in [0.29, 0.717) is 11.1 Å². The SMILES string of the molecule is Cc1occc1-c1nnc(S[C@@H](C)C(=O)N[C@H]2CCCc3ccccc32)o1. The van der Waals surface area contributed by atoms with Crippen LogP contribution in [0.5, 0.6) is 0 Å². The second-order valence-corrected chi connectivity index (χ2v) is 7.97. The summed E-state index contributed by atoms with van der Waals surface area (Å²) < 4.78 is 10.9. The molecule has 3 aromatic rings. The highest BCUT2D eigenvalue weighted by molar-refractivity contribution is 8.00. The molecule has 2 heterocycles. The van der Waals surface area contributed by atoms with Gasteiger partial charge in [0.15, 0.2) is 0 Å². The van der Waals surface area contributed by atoms with E-state index in [1.165, 1.54) is 22.9 Å². The molecule has 27 heavy (non-hydrogen) atoms. The Morgan fingerprint density at radius 1 is 1.30 bits per heavy atom. The Labute approximate surface area is 161 Å². The first kappa shape index (κ1) is 17.9. The van der Waals surface area contributed by atoms with Crippen LogP contribution in [0.3, 0.4) is 0 Å². The minimum absolute atomic E-state index is 0.0269. The van der Waals surface area contributed by atoms with E-state index in [9.17, 15) is 4.79 Å². The van der Waals surface area contributed by atoms with E-state index in [-0.39, 0.29) is 17.2 Å². The van der Waals surface area contributed by atoms with E-state index in [4.69, 9.17) is 8.83 Å². The fraction of sp³-hybridized carbons (Fsp3) is 0.350. The summed E-state index contributed by atoms with van der Waals surface area (Å²) in [4.78, 5) is 12.7. The minimum Gasteiger partial charge on any atom is -0.469 e. The van der Waals surface area contributed by atoms with Gasteiger partial charge in [0.25, 0.3) is 11.1 Å². The lowest BCUT2D eigenvalue weighted by molar-refractivity contribution is -0.121. The van der Waals surface area contributed by atoms with Gasteiger partial charge >= 0.3 is 0 Å². The van der Waals surface area contributed by atoms with Gasteiger partial charge in [-0.25, -0.2) is 0 Å². The molecule has 1 aliphatic carbocycles. The third-order valence-corrected chi connectivity index (χ3v) is 5.76. The van der Waals surface area contributed by atoms with Crippen LogP contribution in [0.4, 0.5) is 0 Å². The van der Waals surface area contributed by atoms with Gasteiger partial charge in [0.05, 0.1) is 23.1 Å². The molecular weight excluding hydrogens is 362 g/mol. The summed E-state index contributed by atoms with van der Waals surface area (Å²) >= 11 is 1.26. The number of amides is 1. The summed E-state index contributed by atoms with van der Waals surface area (Å²) in [5, 5.41) is 11.3. The van der Waals surface area contributed by atoms with Gasteiger partial charge in [-0.15, -0.1) is 10.2 Å². The van der Waals surface area contributed by atoms with E-state index >= 15 is 0 Å². The number of benzene rings is 1. The van der Waals surface area contributed by atoms with Gasteiger partial charge in [-0.2, -0.15) is 0 Å². The molecule has 1 N–H and O–H groups in total. The van der Waals surface area contributed by atoms with E-state index in [1.54, 1.807) is 12.3 Å². The Balaban J connectivity index is 1.41. The molecule has 0 unspecified atom stereocenters. The zero-order chi connectivity index (χ0) is 18.8. The number of carbonyl (C=O) groups excluding carboxylic acids is 1. The van der Waals surface area contributed by atoms with Crippen molar-refractivity contribution < 1.29 is 13.6 Å². The summed E-state index contributed by atoms with van der Waals surface area (Å²) in [5.74, 6) is 1.09. The summed E-state index contributed by atoms with van der Waals surface area (Å²) in [6.07, 6.45) is 4.70. The quantitative estimate of drug-likeness (QED) is 0.661. The molecule has 0 bridgehead atoms. The summed E-state index contributed by atoms with van der Waals surface area (Å²) in [7, 11) is 0. The topological polar surface area (TPSA) is 81.2 Å². The maximum Gasteiger partial charge on any atom is 0.277 e. The predicted molar refractivity (Wildman–Crippen MR) is 102 cm³/mol. The standard InChI is InChI=1S/C20H21N3O3S/c1-12-15(10-11-25-12)19-22-23-20(26-19)27-13(2)18(24)21-17-9-5-7-14-6-3-4-8-16(14)17/h3-4,6,8,10-11,13,17H,5,7,9H2,1-2H3,(H,21,24)/t13-,17-/m0/s1. The van der Waals surface area contributed by atoms with E-state index < -0.39 is 0 Å². The normalized spacial score (nSPS) is 17.3. The number of thioether (sulfide) groups is 1. The molecule has 1 aliphatic rings. The minimum atomic E-state index is -0.335. The first-order chi connectivity index (χ1) is 13.1. The smallest absolute Gasteiger partial charge is 0.277 e. The zero-order valence-electron chi connectivity index (χ0n) is 15.3. The summed E-state index contributed by atoms with van der Waals surface area (Å²) in [6, 6.07) is 10.2. The van der Waals surface area contributed by atoms with Crippen molar-refractivity contribution in [1.82, 2.24) is 15.5 Å². The van der Waals surface area contributed by atoms with Crippen molar-refractivity contribution in [2.24, 2.45) is 0 Å². The van der Waals surface area contributed by atoms with E-state index in [1.807, 2.05) is 19.9 Å². The lowest BCUT2D eigenvalue weighted by Crippen LogP contribution is -2.35. The van der Waals surface area contributed by atoms with E-state index in [2.05, 4.69) is 33.7 Å². The van der Waals surface area contributed by atoms with Crippen LogP contribution in [0.1, 0.15) is 42.7 Å². The van der Waals surface area contributed by atoms with Gasteiger partial charge in [0, 0.05) is 0 Å². The zero-order valence-corrected chi connectivity index (χ0v) is 16.1. The molecule has 4 rings (SSSR count). The van der Waals surface area contributed by atoms with Crippen molar-refractivity contribution in [3.05, 3.63) is 53.5 Å². The van der Waals surface area contributed by atoms with Crippen molar-refractivity contribution in [2.75, 3.05) is 0 Å². The highest BCUT2D eigenvalue weighted by Gasteiger charge is 2.25. The molecular formula is C20H21N3O3S. The fourth-order valence-corrected chi connectivity index (χ4v) is 4.06. The van der Waals surface area contributed by atoms with Crippen molar-refractivity contribution >= 4 is 17.7 Å². The molecule has 0 saturated heterocycles. The molecule has 140 valence electrons. The Bertz CT molecular complexity index is 949. The number of hydrogen-bond donors (Lipinski definition) is 1. The molecule has 1 aromatic carbocycles. The molecule has 2 atom stereocenters. The fourth-order valence-electron chi connectivity index (χ4n) is 3.37. The number of aryl methyl sites for hydroxylation is 2. The Hall–Kier alpha value is -2.54. The number of aromatic nitrogens is 2. The van der Waals surface area contributed by atoms with Crippen LogP contribution >= 0.6 is 11.8 Å². The number of fused-ring (bicyclic) bond motifs is 1. The van der Waals surface area contributed by atoms with Crippen LogP contribution in [0.15, 0.2) is 50.7 Å². The third-order valence-electron chi connectivity index (χ3n) is 4.83. The van der Waals surface area contributed by atoms with Crippen molar-refractivity contribution in [2.45, 2.75) is 49.6 Å². The third kappa shape index (κ3) is 3.78. The molecule has 0 spiro atoms. The van der Waals surface area contributed by atoms with Crippen LogP contribution in [0.25, 0.3) is 11.5 Å². The second kappa shape index (κ2) is 7.60. The predicted octanol–water partition coefficient (Wildman–Crippen LogP) is 4.31. The summed E-state index contributed by atoms with van der Waals surface area (Å²) in [5.41, 5.74) is 3.32. The molecule has 1 amide bonds. The molecule has 0 saturated carbocycles. The average Bonchev–Trinajstić information content (AvgIpc) is 3.30. The lowest BCUT2D eigenvalue weighted by Gasteiger charge is -2.27. The average molecular weight is 383 g/mol. The van der Waals surface area contributed by atoms with Crippen LogP contribution in [0, 0.1) is 6.92 Å². The van der Waals surface area contributed by atoms with Crippen LogP contribution < -0.4 is 5.32 Å². The number of nitrogens with zero attached hydrogens (tertiary/aromatic N) is 2. The number of furan rings is 1. The van der Waals surface area contributed by atoms with Gasteiger partial charge in [0.1, 0.15) is 5.76 Å². The molecule has 7 heteroatoms. The molecule has 2 aromatic heterocycles. The van der Waals surface area contributed by atoms with Crippen molar-refractivity contribution in [3.63, 3.8) is 0 Å². The van der Waals surface area contributed by atoms with Gasteiger partial charge in [-0.1, -0.05) is 36.0 Å². The van der Waals surface area contributed by atoms with Crippen molar-refractivity contribution in [3.8, 4) is 11.5 Å². The largest absolute Gasteiger partial charge is 0.469 e. The van der Waals surface area contributed by atoms with Gasteiger partial charge in [-0.3, -0.25) is 4.79 Å². The molecule has 6 nitrogen and oxygen atoms in total. The first-order valence-corrected chi connectivity index (χ1v) is 9.92. The van der Waals surface area contributed by atoms with Gasteiger partial charge in [-0.05, 0) is 50.3 Å². The number of hydrogen-bond acceptors (Lipinski definition) is 6. The Kier molecular flexibility index (Phi) is 5.03. The van der Waals surface area contributed by atoms with Gasteiger partial charge in [0.2, 0.25) is 5.91 Å². The maximum absolute atomic E-state index is 12.7.